The van der Waals surface area contributed by atoms with E-state index in [4.69, 9.17) is 0 Å². The predicted molar refractivity (Wildman–Crippen MR) is 101 cm³/mol. The number of aldehydes is 1. The zero-order valence-corrected chi connectivity index (χ0v) is 14.6. The molecule has 0 saturated heterocycles. The summed E-state index contributed by atoms with van der Waals surface area (Å²) < 4.78 is 0. The third-order valence-corrected chi connectivity index (χ3v) is 4.46. The van der Waals surface area contributed by atoms with Crippen molar-refractivity contribution in [3.8, 4) is 0 Å². The van der Waals surface area contributed by atoms with E-state index >= 15 is 0 Å². The van der Waals surface area contributed by atoms with Gasteiger partial charge in [0.05, 0.1) is 0 Å². The lowest BCUT2D eigenvalue weighted by Gasteiger charge is -2.14. The van der Waals surface area contributed by atoms with E-state index in [0.717, 1.165) is 34.8 Å². The van der Waals surface area contributed by atoms with Gasteiger partial charge in [0.2, 0.25) is 0 Å². The van der Waals surface area contributed by atoms with Crippen LogP contribution in [0.3, 0.4) is 0 Å². The Hall–Kier alpha value is -2.68. The molecule has 1 heterocycles. The minimum atomic E-state index is -0.107. The van der Waals surface area contributed by atoms with Crippen LogP contribution in [0.1, 0.15) is 39.7 Å². The molecule has 0 aliphatic rings. The van der Waals surface area contributed by atoms with Crippen molar-refractivity contribution < 1.29 is 4.79 Å². The molecule has 1 aromatic heterocycles. The van der Waals surface area contributed by atoms with Gasteiger partial charge in [0.25, 0.3) is 5.56 Å². The van der Waals surface area contributed by atoms with Crippen LogP contribution in [0.4, 0.5) is 0 Å². The maximum Gasteiger partial charge on any atom is 0.255 e. The van der Waals surface area contributed by atoms with E-state index in [-0.39, 0.29) is 5.56 Å². The molecule has 0 atom stereocenters. The molecule has 0 spiro atoms. The van der Waals surface area contributed by atoms with Crippen LogP contribution >= 0.6 is 0 Å². The van der Waals surface area contributed by atoms with Crippen molar-refractivity contribution in [2.45, 2.75) is 34.1 Å². The predicted octanol–water partition coefficient (Wildman–Crippen LogP) is 4.80. The van der Waals surface area contributed by atoms with Gasteiger partial charge in [0.1, 0.15) is 6.29 Å². The molecule has 24 heavy (non-hydrogen) atoms. The molecule has 0 saturated carbocycles. The number of hydrogen-bond donors (Lipinski definition) is 1. The lowest BCUT2D eigenvalue weighted by molar-refractivity contribution is -0.104. The van der Waals surface area contributed by atoms with Crippen molar-refractivity contribution >= 4 is 22.6 Å². The number of H-pyrrole nitrogens is 1. The van der Waals surface area contributed by atoms with E-state index in [0.29, 0.717) is 11.0 Å². The fourth-order valence-corrected chi connectivity index (χ4v) is 2.69. The van der Waals surface area contributed by atoms with Crippen molar-refractivity contribution in [2.24, 2.45) is 0 Å². The third-order valence-electron chi connectivity index (χ3n) is 4.46. The number of carbonyl (C=O) groups is 1. The monoisotopic (exact) mass is 321 g/mol. The zero-order chi connectivity index (χ0) is 17.7. The fourth-order valence-electron chi connectivity index (χ4n) is 2.69. The van der Waals surface area contributed by atoms with E-state index in [1.807, 2.05) is 37.3 Å². The second kappa shape index (κ2) is 7.73. The first-order chi connectivity index (χ1) is 11.5. The van der Waals surface area contributed by atoms with Gasteiger partial charge in [-0.25, -0.2) is 0 Å². The molecule has 0 aliphatic heterocycles. The van der Waals surface area contributed by atoms with Crippen molar-refractivity contribution in [2.75, 3.05) is 0 Å². The Morgan fingerprint density at radius 1 is 1.17 bits per heavy atom. The van der Waals surface area contributed by atoms with Gasteiger partial charge in [-0.15, -0.1) is 0 Å². The fraction of sp³-hybridized carbons (Fsp3) is 0.238. The van der Waals surface area contributed by atoms with Gasteiger partial charge in [-0.2, -0.15) is 0 Å². The van der Waals surface area contributed by atoms with E-state index in [2.05, 4.69) is 25.8 Å². The number of hydrogen-bond acceptors (Lipinski definition) is 2. The zero-order valence-electron chi connectivity index (χ0n) is 14.6. The molecule has 124 valence electrons. The summed E-state index contributed by atoms with van der Waals surface area (Å²) in [5.74, 6) is 0. The molecule has 0 amide bonds. The minimum Gasteiger partial charge on any atom is -0.329 e. The summed E-state index contributed by atoms with van der Waals surface area (Å²) in [5.41, 5.74) is 4.84. The Morgan fingerprint density at radius 3 is 2.54 bits per heavy atom. The number of aromatic nitrogens is 1. The molecule has 2 aromatic rings. The van der Waals surface area contributed by atoms with Crippen molar-refractivity contribution in [3.05, 3.63) is 75.3 Å². The van der Waals surface area contributed by atoms with Crippen LogP contribution in [0.25, 0.3) is 16.3 Å². The number of carbonyl (C=O) groups excluding carboxylic acids is 1. The number of allylic oxidation sites excluding steroid dienone is 6. The van der Waals surface area contributed by atoms with Crippen LogP contribution < -0.4 is 5.56 Å². The Bertz CT molecular complexity index is 911. The first-order valence-corrected chi connectivity index (χ1v) is 8.14. The number of aromatic amines is 1. The molecule has 0 unspecified atom stereocenters. The Labute approximate surface area is 142 Å². The van der Waals surface area contributed by atoms with Crippen molar-refractivity contribution in [3.63, 3.8) is 0 Å². The van der Waals surface area contributed by atoms with Gasteiger partial charge in [-0.3, -0.25) is 9.59 Å². The maximum atomic E-state index is 12.1. The third kappa shape index (κ3) is 3.46. The van der Waals surface area contributed by atoms with E-state index < -0.39 is 0 Å². The van der Waals surface area contributed by atoms with Gasteiger partial charge in [-0.1, -0.05) is 30.7 Å². The molecule has 2 rings (SSSR count). The van der Waals surface area contributed by atoms with Gasteiger partial charge in [-0.05, 0) is 67.5 Å². The van der Waals surface area contributed by atoms with Crippen molar-refractivity contribution in [1.82, 2.24) is 4.98 Å². The van der Waals surface area contributed by atoms with E-state index in [1.165, 1.54) is 5.57 Å². The van der Waals surface area contributed by atoms with Gasteiger partial charge in [0, 0.05) is 17.2 Å². The minimum absolute atomic E-state index is 0.107. The summed E-state index contributed by atoms with van der Waals surface area (Å²) in [6, 6.07) is 7.60. The number of fused-ring (bicyclic) bond motifs is 1. The molecule has 1 aromatic carbocycles. The van der Waals surface area contributed by atoms with Crippen LogP contribution in [0.5, 0.6) is 0 Å². The molecule has 0 bridgehead atoms. The first kappa shape index (κ1) is 17.7. The SMILES string of the molecule is C/C=C(C=O)\C=C(/C(C)=C(C)CC)c1cccc2c(=O)[nH]ccc12. The van der Waals surface area contributed by atoms with E-state index in [1.54, 1.807) is 12.3 Å². The topological polar surface area (TPSA) is 49.9 Å². The highest BCUT2D eigenvalue weighted by Crippen LogP contribution is 2.31. The van der Waals surface area contributed by atoms with Crippen LogP contribution in [-0.4, -0.2) is 11.3 Å². The summed E-state index contributed by atoms with van der Waals surface area (Å²) in [6.07, 6.45) is 7.14. The Kier molecular flexibility index (Phi) is 5.69. The van der Waals surface area contributed by atoms with Crippen LogP contribution in [-0.2, 0) is 4.79 Å². The molecule has 1 N–H and O–H groups in total. The largest absolute Gasteiger partial charge is 0.329 e. The molecule has 3 nitrogen and oxygen atoms in total. The van der Waals surface area contributed by atoms with E-state index in [9.17, 15) is 9.59 Å². The van der Waals surface area contributed by atoms with Gasteiger partial charge >= 0.3 is 0 Å². The average Bonchev–Trinajstić information content (AvgIpc) is 2.62. The standard InChI is InChI=1S/C21H23NO2/c1-5-14(3)15(4)20(12-16(6-2)13-23)17-8-7-9-19-18(17)10-11-22-21(19)24/h6-13H,5H2,1-4H3,(H,22,24)/b15-14?,16-6+,20-12+. The van der Waals surface area contributed by atoms with Gasteiger partial charge in [0.15, 0.2) is 0 Å². The second-order valence-electron chi connectivity index (χ2n) is 5.80. The van der Waals surface area contributed by atoms with Crippen LogP contribution in [0.2, 0.25) is 0 Å². The summed E-state index contributed by atoms with van der Waals surface area (Å²) in [7, 11) is 0. The molecular formula is C21H23NO2. The number of pyridine rings is 1. The first-order valence-electron chi connectivity index (χ1n) is 8.14. The molecule has 0 radical (unpaired) electrons. The average molecular weight is 321 g/mol. The summed E-state index contributed by atoms with van der Waals surface area (Å²) >= 11 is 0. The highest BCUT2D eigenvalue weighted by molar-refractivity contribution is 5.99. The molecule has 0 fully saturated rings. The second-order valence-corrected chi connectivity index (χ2v) is 5.80. The number of benzene rings is 1. The maximum absolute atomic E-state index is 12.1. The summed E-state index contributed by atoms with van der Waals surface area (Å²) in [5, 5.41) is 1.54. The normalized spacial score (nSPS) is 13.8. The molecular weight excluding hydrogens is 298 g/mol. The highest BCUT2D eigenvalue weighted by Gasteiger charge is 2.12. The van der Waals surface area contributed by atoms with Gasteiger partial charge < -0.3 is 4.98 Å². The lowest BCUT2D eigenvalue weighted by atomic mass is 9.90. The lowest BCUT2D eigenvalue weighted by Crippen LogP contribution is -2.05. The Balaban J connectivity index is 2.86. The Morgan fingerprint density at radius 2 is 1.92 bits per heavy atom. The van der Waals surface area contributed by atoms with Crippen LogP contribution in [0.15, 0.2) is 64.1 Å². The smallest absolute Gasteiger partial charge is 0.255 e. The highest BCUT2D eigenvalue weighted by atomic mass is 16.1. The van der Waals surface area contributed by atoms with Crippen molar-refractivity contribution in [1.29, 1.82) is 0 Å². The summed E-state index contributed by atoms with van der Waals surface area (Å²) in [6.45, 7) is 8.12. The van der Waals surface area contributed by atoms with Crippen LogP contribution in [0, 0.1) is 0 Å². The quantitative estimate of drug-likeness (QED) is 0.488. The number of nitrogens with one attached hydrogen (secondary N) is 1. The molecule has 0 aliphatic carbocycles. The summed E-state index contributed by atoms with van der Waals surface area (Å²) in [4.78, 5) is 26.1. The molecule has 3 heteroatoms. The number of rotatable bonds is 5.